The van der Waals surface area contributed by atoms with Crippen molar-refractivity contribution in [1.29, 1.82) is 0 Å². The number of hydrogen-bond acceptors (Lipinski definition) is 5. The van der Waals surface area contributed by atoms with Crippen molar-refractivity contribution in [1.82, 2.24) is 9.55 Å². The van der Waals surface area contributed by atoms with Crippen molar-refractivity contribution in [2.24, 2.45) is 4.99 Å². The molecule has 0 aliphatic heterocycles. The van der Waals surface area contributed by atoms with Gasteiger partial charge in [-0.05, 0) is 38.3 Å². The summed E-state index contributed by atoms with van der Waals surface area (Å²) in [5.74, 6) is -0.452. The Morgan fingerprint density at radius 1 is 1.21 bits per heavy atom. The number of aliphatic imine (C=N–C) groups is 1. The Morgan fingerprint density at radius 2 is 1.83 bits per heavy atom. The third-order valence-electron chi connectivity index (χ3n) is 3.65. The van der Waals surface area contributed by atoms with Gasteiger partial charge in [0, 0.05) is 19.4 Å². The number of aliphatic hydroxyl groups excluding tert-OH is 1. The van der Waals surface area contributed by atoms with Crippen LogP contribution < -0.4 is 11.2 Å². The van der Waals surface area contributed by atoms with Gasteiger partial charge in [0.25, 0.3) is 5.56 Å². The predicted octanol–water partition coefficient (Wildman–Crippen LogP) is 0.958. The van der Waals surface area contributed by atoms with Crippen molar-refractivity contribution in [3.63, 3.8) is 0 Å². The van der Waals surface area contributed by atoms with Gasteiger partial charge >= 0.3 is 5.69 Å². The van der Waals surface area contributed by atoms with Gasteiger partial charge in [0.2, 0.25) is 5.88 Å². The number of aromatic hydroxyl groups is 1. The molecule has 0 bridgehead atoms. The molecule has 2 aromatic rings. The SMILES string of the molecule is Cc1cc(C)c(-n2c(O)c(C=NCCCO)c(=O)[nH]c2=O)c(C)c1. The Bertz CT molecular complexity index is 871. The molecule has 0 saturated heterocycles. The molecule has 2 rings (SSSR count). The van der Waals surface area contributed by atoms with Gasteiger partial charge in [-0.2, -0.15) is 0 Å². The molecule has 3 N–H and O–H groups in total. The smallest absolute Gasteiger partial charge is 0.335 e. The van der Waals surface area contributed by atoms with Crippen LogP contribution in [0.2, 0.25) is 0 Å². The molecular weight excluding hydrogens is 310 g/mol. The van der Waals surface area contributed by atoms with E-state index in [1.165, 1.54) is 6.21 Å². The van der Waals surface area contributed by atoms with Crippen molar-refractivity contribution >= 4 is 6.21 Å². The van der Waals surface area contributed by atoms with Gasteiger partial charge < -0.3 is 10.2 Å². The maximum atomic E-state index is 12.2. The lowest BCUT2D eigenvalue weighted by Crippen LogP contribution is -2.32. The van der Waals surface area contributed by atoms with Crippen molar-refractivity contribution in [2.75, 3.05) is 13.2 Å². The minimum absolute atomic E-state index is 0.0130. The summed E-state index contributed by atoms with van der Waals surface area (Å²) < 4.78 is 1.08. The summed E-state index contributed by atoms with van der Waals surface area (Å²) >= 11 is 0. The highest BCUT2D eigenvalue weighted by Gasteiger charge is 2.17. The van der Waals surface area contributed by atoms with Gasteiger partial charge in [0.1, 0.15) is 5.56 Å². The summed E-state index contributed by atoms with van der Waals surface area (Å²) in [6, 6.07) is 3.79. The fraction of sp³-hybridized carbons (Fsp3) is 0.353. The fourth-order valence-corrected chi connectivity index (χ4v) is 2.71. The van der Waals surface area contributed by atoms with Gasteiger partial charge in [-0.15, -0.1) is 0 Å². The van der Waals surface area contributed by atoms with Crippen molar-refractivity contribution in [2.45, 2.75) is 27.2 Å². The highest BCUT2D eigenvalue weighted by molar-refractivity contribution is 5.82. The van der Waals surface area contributed by atoms with Crippen LogP contribution >= 0.6 is 0 Å². The Kier molecular flexibility index (Phi) is 5.35. The summed E-state index contributed by atoms with van der Waals surface area (Å²) in [6.45, 7) is 5.92. The standard InChI is InChI=1S/C17H21N3O4/c1-10-7-11(2)14(12(3)8-10)20-16(23)13(9-18-5-4-6-21)15(22)19-17(20)24/h7-9,21,23H,4-6H2,1-3H3,(H,19,22,24). The normalized spacial score (nSPS) is 11.3. The van der Waals surface area contributed by atoms with Crippen LogP contribution in [0.25, 0.3) is 5.69 Å². The number of aryl methyl sites for hydroxylation is 3. The van der Waals surface area contributed by atoms with E-state index in [1.54, 1.807) is 0 Å². The lowest BCUT2D eigenvalue weighted by atomic mass is 10.0. The monoisotopic (exact) mass is 331 g/mol. The molecule has 0 fully saturated rings. The van der Waals surface area contributed by atoms with E-state index in [0.717, 1.165) is 21.3 Å². The van der Waals surface area contributed by atoms with E-state index in [9.17, 15) is 14.7 Å². The summed E-state index contributed by atoms with van der Waals surface area (Å²) in [7, 11) is 0. The van der Waals surface area contributed by atoms with Gasteiger partial charge in [-0.25, -0.2) is 9.36 Å². The molecule has 7 nitrogen and oxygen atoms in total. The number of benzene rings is 1. The zero-order valence-electron chi connectivity index (χ0n) is 14.0. The number of aliphatic hydroxyl groups is 1. The number of hydrogen-bond donors (Lipinski definition) is 3. The largest absolute Gasteiger partial charge is 0.493 e. The Balaban J connectivity index is 2.67. The summed E-state index contributed by atoms with van der Waals surface area (Å²) in [5, 5.41) is 19.2. The van der Waals surface area contributed by atoms with Crippen LogP contribution in [-0.4, -0.2) is 39.1 Å². The molecule has 0 atom stereocenters. The minimum Gasteiger partial charge on any atom is -0.493 e. The summed E-state index contributed by atoms with van der Waals surface area (Å²) in [4.78, 5) is 30.4. The topological polar surface area (TPSA) is 108 Å². The Morgan fingerprint density at radius 3 is 2.42 bits per heavy atom. The third-order valence-corrected chi connectivity index (χ3v) is 3.65. The first kappa shape index (κ1) is 17.7. The fourth-order valence-electron chi connectivity index (χ4n) is 2.71. The highest BCUT2D eigenvalue weighted by atomic mass is 16.3. The molecule has 0 amide bonds. The predicted molar refractivity (Wildman–Crippen MR) is 92.7 cm³/mol. The van der Waals surface area contributed by atoms with E-state index in [-0.39, 0.29) is 12.2 Å². The zero-order valence-corrected chi connectivity index (χ0v) is 14.0. The minimum atomic E-state index is -0.708. The maximum absolute atomic E-state index is 12.2. The van der Waals surface area contributed by atoms with Crippen molar-refractivity contribution < 1.29 is 10.2 Å². The molecule has 1 heterocycles. The lowest BCUT2D eigenvalue weighted by molar-refractivity contribution is 0.291. The van der Waals surface area contributed by atoms with Crippen molar-refractivity contribution in [3.8, 4) is 11.6 Å². The molecule has 0 spiro atoms. The number of H-pyrrole nitrogens is 1. The Hall–Kier alpha value is -2.67. The molecule has 1 aromatic carbocycles. The molecule has 24 heavy (non-hydrogen) atoms. The van der Waals surface area contributed by atoms with E-state index in [1.807, 2.05) is 32.9 Å². The molecule has 0 aliphatic rings. The van der Waals surface area contributed by atoms with Crippen LogP contribution in [-0.2, 0) is 0 Å². The first-order valence-corrected chi connectivity index (χ1v) is 7.64. The van der Waals surface area contributed by atoms with Crippen LogP contribution in [0, 0.1) is 20.8 Å². The lowest BCUT2D eigenvalue weighted by Gasteiger charge is -2.15. The van der Waals surface area contributed by atoms with Crippen LogP contribution in [0.5, 0.6) is 5.88 Å². The average molecular weight is 331 g/mol. The number of rotatable bonds is 5. The third kappa shape index (κ3) is 3.46. The first-order chi connectivity index (χ1) is 11.4. The molecule has 0 radical (unpaired) electrons. The average Bonchev–Trinajstić information content (AvgIpc) is 2.48. The number of nitrogens with one attached hydrogen (secondary N) is 1. The van der Waals surface area contributed by atoms with E-state index in [2.05, 4.69) is 9.98 Å². The molecule has 1 aromatic heterocycles. The quantitative estimate of drug-likeness (QED) is 0.560. The van der Waals surface area contributed by atoms with Crippen LogP contribution in [0.1, 0.15) is 28.7 Å². The van der Waals surface area contributed by atoms with E-state index >= 15 is 0 Å². The molecule has 0 saturated carbocycles. The van der Waals surface area contributed by atoms with Gasteiger partial charge in [0.05, 0.1) is 5.69 Å². The Labute approximate surface area is 138 Å². The van der Waals surface area contributed by atoms with Crippen LogP contribution in [0.4, 0.5) is 0 Å². The molecule has 128 valence electrons. The molecule has 0 unspecified atom stereocenters. The van der Waals surface area contributed by atoms with Gasteiger partial charge in [-0.1, -0.05) is 17.7 Å². The summed E-state index contributed by atoms with van der Waals surface area (Å²) in [5.41, 5.74) is 1.68. The molecule has 7 heteroatoms. The van der Waals surface area contributed by atoms with E-state index in [4.69, 9.17) is 5.11 Å². The van der Waals surface area contributed by atoms with E-state index < -0.39 is 17.1 Å². The second-order valence-corrected chi connectivity index (χ2v) is 5.69. The summed E-state index contributed by atoms with van der Waals surface area (Å²) in [6.07, 6.45) is 1.67. The van der Waals surface area contributed by atoms with Gasteiger partial charge in [0.15, 0.2) is 0 Å². The van der Waals surface area contributed by atoms with Crippen LogP contribution in [0.15, 0.2) is 26.7 Å². The second kappa shape index (κ2) is 7.27. The number of aromatic amines is 1. The first-order valence-electron chi connectivity index (χ1n) is 7.64. The molecule has 0 aliphatic carbocycles. The number of aromatic nitrogens is 2. The van der Waals surface area contributed by atoms with E-state index in [0.29, 0.717) is 18.7 Å². The molecular formula is C17H21N3O4. The zero-order chi connectivity index (χ0) is 17.9. The van der Waals surface area contributed by atoms with Crippen molar-refractivity contribution in [3.05, 3.63) is 55.2 Å². The van der Waals surface area contributed by atoms with Gasteiger partial charge in [-0.3, -0.25) is 14.8 Å². The maximum Gasteiger partial charge on any atom is 0.335 e. The van der Waals surface area contributed by atoms with Crippen LogP contribution in [0.3, 0.4) is 0 Å². The number of nitrogens with zero attached hydrogens (tertiary/aromatic N) is 2. The second-order valence-electron chi connectivity index (χ2n) is 5.69. The highest BCUT2D eigenvalue weighted by Crippen LogP contribution is 2.23.